The van der Waals surface area contributed by atoms with Crippen molar-refractivity contribution < 1.29 is 9.53 Å². The molecule has 1 amide bonds. The number of aryl methyl sites for hydroxylation is 1. The Morgan fingerprint density at radius 2 is 1.91 bits per heavy atom. The summed E-state index contributed by atoms with van der Waals surface area (Å²) in [6.07, 6.45) is 1.59. The van der Waals surface area contributed by atoms with Crippen molar-refractivity contribution in [2.75, 3.05) is 11.5 Å². The third-order valence-electron chi connectivity index (χ3n) is 5.53. The highest BCUT2D eigenvalue weighted by Gasteiger charge is 2.22. The molecule has 0 unspecified atom stereocenters. The number of carbonyl (C=O) groups is 1. The lowest BCUT2D eigenvalue weighted by molar-refractivity contribution is 0.0980. The molecule has 0 aliphatic heterocycles. The van der Waals surface area contributed by atoms with Gasteiger partial charge in [-0.05, 0) is 74.4 Å². The van der Waals surface area contributed by atoms with Crippen LogP contribution in [0.4, 0.5) is 5.69 Å². The first-order chi connectivity index (χ1) is 15.5. The summed E-state index contributed by atoms with van der Waals surface area (Å²) in [4.78, 5) is 35.1. The van der Waals surface area contributed by atoms with Gasteiger partial charge < -0.3 is 14.6 Å². The van der Waals surface area contributed by atoms with Gasteiger partial charge in [-0.2, -0.15) is 0 Å². The SMILES string of the molecule is CCOc1ccc2[nH]c(=O)c(CN(C(=O)c3ccccn3)c3cccc(C)c3C)cc2c1. The summed E-state index contributed by atoms with van der Waals surface area (Å²) in [5.74, 6) is 0.468. The van der Waals surface area contributed by atoms with Gasteiger partial charge in [0.2, 0.25) is 0 Å². The van der Waals surface area contributed by atoms with Crippen molar-refractivity contribution in [3.63, 3.8) is 0 Å². The van der Waals surface area contributed by atoms with E-state index in [1.807, 2.05) is 63.2 Å². The first kappa shape index (κ1) is 21.3. The van der Waals surface area contributed by atoms with E-state index in [4.69, 9.17) is 4.74 Å². The largest absolute Gasteiger partial charge is 0.494 e. The van der Waals surface area contributed by atoms with Crippen LogP contribution in [0.1, 0.15) is 34.1 Å². The molecule has 1 N–H and O–H groups in total. The Balaban J connectivity index is 1.81. The van der Waals surface area contributed by atoms with Crippen LogP contribution in [-0.4, -0.2) is 22.5 Å². The van der Waals surface area contributed by atoms with Crippen LogP contribution in [0.5, 0.6) is 5.75 Å². The Hall–Kier alpha value is -3.93. The number of amides is 1. The van der Waals surface area contributed by atoms with Crippen LogP contribution in [0.15, 0.2) is 71.7 Å². The molecule has 6 nitrogen and oxygen atoms in total. The van der Waals surface area contributed by atoms with Gasteiger partial charge in [0.05, 0.1) is 13.2 Å². The second-order valence-electron chi connectivity index (χ2n) is 7.63. The number of ether oxygens (including phenoxy) is 1. The van der Waals surface area contributed by atoms with Crippen molar-refractivity contribution in [2.45, 2.75) is 27.3 Å². The Morgan fingerprint density at radius 1 is 1.06 bits per heavy atom. The number of nitrogens with zero attached hydrogens (tertiary/aromatic N) is 2. The topological polar surface area (TPSA) is 75.3 Å². The van der Waals surface area contributed by atoms with E-state index < -0.39 is 0 Å². The molecule has 6 heteroatoms. The fourth-order valence-corrected chi connectivity index (χ4v) is 3.70. The minimum atomic E-state index is -0.262. The Bertz CT molecular complexity index is 1330. The molecule has 32 heavy (non-hydrogen) atoms. The first-order valence-electron chi connectivity index (χ1n) is 10.6. The first-order valence-corrected chi connectivity index (χ1v) is 10.6. The van der Waals surface area contributed by atoms with Gasteiger partial charge in [0, 0.05) is 28.4 Å². The minimum Gasteiger partial charge on any atom is -0.494 e. The van der Waals surface area contributed by atoms with Crippen LogP contribution in [0.2, 0.25) is 0 Å². The van der Waals surface area contributed by atoms with E-state index in [0.717, 1.165) is 33.5 Å². The molecule has 0 saturated carbocycles. The predicted molar refractivity (Wildman–Crippen MR) is 126 cm³/mol. The highest BCUT2D eigenvalue weighted by Crippen LogP contribution is 2.26. The average Bonchev–Trinajstić information content (AvgIpc) is 2.80. The number of H-pyrrole nitrogens is 1. The molecular weight excluding hydrogens is 402 g/mol. The summed E-state index contributed by atoms with van der Waals surface area (Å²) in [7, 11) is 0. The second kappa shape index (κ2) is 9.06. The van der Waals surface area contributed by atoms with Crippen LogP contribution in [-0.2, 0) is 6.54 Å². The van der Waals surface area contributed by atoms with E-state index in [1.165, 1.54) is 0 Å². The number of nitrogens with one attached hydrogen (secondary N) is 1. The lowest BCUT2D eigenvalue weighted by Gasteiger charge is -2.25. The standard InChI is InChI=1S/C26H25N3O3/c1-4-32-21-11-12-22-19(15-21)14-20(25(30)28-22)16-29(24-10-7-8-17(2)18(24)3)26(31)23-9-5-6-13-27-23/h5-15H,4,16H2,1-3H3,(H,28,30). The van der Waals surface area contributed by atoms with Crippen molar-refractivity contribution in [1.82, 2.24) is 9.97 Å². The quantitative estimate of drug-likeness (QED) is 0.480. The van der Waals surface area contributed by atoms with Gasteiger partial charge in [0.25, 0.3) is 11.5 Å². The summed E-state index contributed by atoms with van der Waals surface area (Å²) in [6.45, 7) is 6.57. The number of pyridine rings is 2. The highest BCUT2D eigenvalue weighted by molar-refractivity contribution is 6.05. The molecule has 0 bridgehead atoms. The highest BCUT2D eigenvalue weighted by atomic mass is 16.5. The van der Waals surface area contributed by atoms with Crippen molar-refractivity contribution >= 4 is 22.5 Å². The van der Waals surface area contributed by atoms with Crippen LogP contribution < -0.4 is 15.2 Å². The second-order valence-corrected chi connectivity index (χ2v) is 7.63. The van der Waals surface area contributed by atoms with Gasteiger partial charge in [-0.1, -0.05) is 18.2 Å². The Morgan fingerprint density at radius 3 is 2.66 bits per heavy atom. The summed E-state index contributed by atoms with van der Waals surface area (Å²) >= 11 is 0. The summed E-state index contributed by atoms with van der Waals surface area (Å²) < 4.78 is 5.59. The summed E-state index contributed by atoms with van der Waals surface area (Å²) in [6, 6.07) is 18.4. The predicted octanol–water partition coefficient (Wildman–Crippen LogP) is 4.79. The molecule has 0 spiro atoms. The molecule has 0 radical (unpaired) electrons. The number of benzene rings is 2. The zero-order chi connectivity index (χ0) is 22.7. The molecule has 2 aromatic heterocycles. The number of anilines is 1. The fourth-order valence-electron chi connectivity index (χ4n) is 3.70. The molecular formula is C26H25N3O3. The van der Waals surface area contributed by atoms with Crippen LogP contribution >= 0.6 is 0 Å². The number of aromatic nitrogens is 2. The smallest absolute Gasteiger partial charge is 0.277 e. The van der Waals surface area contributed by atoms with Crippen LogP contribution in [0.25, 0.3) is 10.9 Å². The van der Waals surface area contributed by atoms with Crippen molar-refractivity contribution in [2.24, 2.45) is 0 Å². The molecule has 162 valence electrons. The number of rotatable bonds is 6. The number of hydrogen-bond donors (Lipinski definition) is 1. The third-order valence-corrected chi connectivity index (χ3v) is 5.53. The van der Waals surface area contributed by atoms with Crippen molar-refractivity contribution in [3.05, 3.63) is 99.6 Å². The van der Waals surface area contributed by atoms with Gasteiger partial charge in [-0.3, -0.25) is 14.6 Å². The molecule has 2 aromatic carbocycles. The minimum absolute atomic E-state index is 0.115. The van der Waals surface area contributed by atoms with E-state index in [2.05, 4.69) is 9.97 Å². The Labute approximate surface area is 186 Å². The van der Waals surface area contributed by atoms with E-state index in [-0.39, 0.29) is 18.0 Å². The Kier molecular flexibility index (Phi) is 6.03. The maximum atomic E-state index is 13.5. The van der Waals surface area contributed by atoms with Gasteiger partial charge in [0.1, 0.15) is 11.4 Å². The lowest BCUT2D eigenvalue weighted by atomic mass is 10.1. The average molecular weight is 428 g/mol. The van der Waals surface area contributed by atoms with Gasteiger partial charge in [0.15, 0.2) is 0 Å². The molecule has 0 aliphatic rings. The normalized spacial score (nSPS) is 10.8. The molecule has 0 atom stereocenters. The zero-order valence-electron chi connectivity index (χ0n) is 18.4. The van der Waals surface area contributed by atoms with Crippen LogP contribution in [0.3, 0.4) is 0 Å². The van der Waals surface area contributed by atoms with E-state index in [0.29, 0.717) is 17.9 Å². The van der Waals surface area contributed by atoms with E-state index in [1.54, 1.807) is 29.3 Å². The number of carbonyl (C=O) groups excluding carboxylic acids is 1. The number of fused-ring (bicyclic) bond motifs is 1. The molecule has 0 aliphatic carbocycles. The van der Waals surface area contributed by atoms with Crippen molar-refractivity contribution in [3.8, 4) is 5.75 Å². The van der Waals surface area contributed by atoms with E-state index in [9.17, 15) is 9.59 Å². The number of hydrogen-bond acceptors (Lipinski definition) is 4. The molecule has 4 rings (SSSR count). The van der Waals surface area contributed by atoms with E-state index >= 15 is 0 Å². The fraction of sp³-hybridized carbons (Fsp3) is 0.192. The van der Waals surface area contributed by atoms with Gasteiger partial charge in [-0.25, -0.2) is 0 Å². The maximum Gasteiger partial charge on any atom is 0.277 e. The van der Waals surface area contributed by atoms with Gasteiger partial charge >= 0.3 is 0 Å². The van der Waals surface area contributed by atoms with Crippen molar-refractivity contribution in [1.29, 1.82) is 0 Å². The molecule has 0 saturated heterocycles. The number of aromatic amines is 1. The third kappa shape index (κ3) is 4.25. The monoisotopic (exact) mass is 427 g/mol. The summed E-state index contributed by atoms with van der Waals surface area (Å²) in [5.41, 5.74) is 4.09. The van der Waals surface area contributed by atoms with Crippen LogP contribution in [0, 0.1) is 13.8 Å². The molecule has 4 aromatic rings. The maximum absolute atomic E-state index is 13.5. The lowest BCUT2D eigenvalue weighted by Crippen LogP contribution is -2.34. The zero-order valence-corrected chi connectivity index (χ0v) is 18.4. The molecule has 0 fully saturated rings. The molecule has 2 heterocycles. The summed E-state index contributed by atoms with van der Waals surface area (Å²) in [5, 5.41) is 0.844. The van der Waals surface area contributed by atoms with Gasteiger partial charge in [-0.15, -0.1) is 0 Å².